The molecule has 1 unspecified atom stereocenters. The quantitative estimate of drug-likeness (QED) is 0.655. The zero-order chi connectivity index (χ0) is 12.9. The smallest absolute Gasteiger partial charge is 0.355 e. The van der Waals surface area contributed by atoms with E-state index < -0.39 is 23.8 Å². The largest absolute Gasteiger partial charge is 0.401 e. The molecule has 6 nitrogen and oxygen atoms in total. The van der Waals surface area contributed by atoms with Crippen LogP contribution in [-0.2, 0) is 11.2 Å². The van der Waals surface area contributed by atoms with Gasteiger partial charge in [0.25, 0.3) is 0 Å². The summed E-state index contributed by atoms with van der Waals surface area (Å²) < 4.78 is 37.0. The molecule has 2 N–H and O–H groups in total. The minimum atomic E-state index is -4.59. The van der Waals surface area contributed by atoms with E-state index in [1.54, 1.807) is 0 Å². The number of halogens is 3. The van der Waals surface area contributed by atoms with Crippen LogP contribution in [0.5, 0.6) is 0 Å². The summed E-state index contributed by atoms with van der Waals surface area (Å²) in [5, 5.41) is 14.8. The lowest BCUT2D eigenvalue weighted by molar-refractivity contribution is -0.177. The van der Waals surface area contributed by atoms with Gasteiger partial charge in [0.15, 0.2) is 5.82 Å². The summed E-state index contributed by atoms with van der Waals surface area (Å²) in [4.78, 5) is 11.2. The highest BCUT2D eigenvalue weighted by atomic mass is 32.1. The molecule has 1 aromatic heterocycles. The van der Waals surface area contributed by atoms with Gasteiger partial charge in [0, 0.05) is 18.7 Å². The van der Waals surface area contributed by atoms with Gasteiger partial charge in [-0.3, -0.25) is 4.79 Å². The molecular formula is C7H10F3N5OS. The van der Waals surface area contributed by atoms with E-state index in [9.17, 15) is 18.0 Å². The first-order chi connectivity index (χ1) is 7.95. The van der Waals surface area contributed by atoms with E-state index in [1.807, 2.05) is 0 Å². The molecule has 1 aromatic rings. The Hall–Kier alpha value is -1.32. The van der Waals surface area contributed by atoms with Crippen LogP contribution in [0.15, 0.2) is 0 Å². The summed E-state index contributed by atoms with van der Waals surface area (Å²) in [6.45, 7) is 0.0126. The molecule has 0 aliphatic heterocycles. The number of aromatic nitrogens is 4. The molecule has 0 saturated carbocycles. The van der Waals surface area contributed by atoms with Crippen molar-refractivity contribution < 1.29 is 18.0 Å². The van der Waals surface area contributed by atoms with E-state index in [-0.39, 0.29) is 13.0 Å². The van der Waals surface area contributed by atoms with Gasteiger partial charge in [0.2, 0.25) is 5.91 Å². The molecule has 1 heterocycles. The van der Waals surface area contributed by atoms with Crippen LogP contribution in [0.1, 0.15) is 5.82 Å². The number of hydrogen-bond acceptors (Lipinski definition) is 5. The molecule has 0 aliphatic rings. The molecule has 1 atom stereocenters. The van der Waals surface area contributed by atoms with Gasteiger partial charge in [-0.25, -0.2) is 0 Å². The molecule has 0 saturated heterocycles. The summed E-state index contributed by atoms with van der Waals surface area (Å²) in [7, 11) is 0. The maximum atomic E-state index is 12.3. The van der Waals surface area contributed by atoms with Gasteiger partial charge in [-0.2, -0.15) is 31.0 Å². The Balaban J connectivity index is 2.38. The topological polar surface area (TPSA) is 83.6 Å². The van der Waals surface area contributed by atoms with E-state index in [0.717, 1.165) is 0 Å². The van der Waals surface area contributed by atoms with Crippen molar-refractivity contribution >= 4 is 18.5 Å². The number of alkyl halides is 3. The lowest BCUT2D eigenvalue weighted by Gasteiger charge is -2.17. The fourth-order valence-corrected chi connectivity index (χ4v) is 1.42. The Labute approximate surface area is 99.8 Å². The van der Waals surface area contributed by atoms with Crippen molar-refractivity contribution in [3.63, 3.8) is 0 Å². The van der Waals surface area contributed by atoms with Crippen molar-refractivity contribution in [3.05, 3.63) is 5.82 Å². The van der Waals surface area contributed by atoms with Gasteiger partial charge in [-0.05, 0) is 0 Å². The molecule has 0 fully saturated rings. The Morgan fingerprint density at radius 3 is 2.71 bits per heavy atom. The zero-order valence-corrected chi connectivity index (χ0v) is 9.42. The van der Waals surface area contributed by atoms with E-state index in [1.165, 1.54) is 0 Å². The summed E-state index contributed by atoms with van der Waals surface area (Å²) in [6.07, 6.45) is -4.38. The van der Waals surface area contributed by atoms with Gasteiger partial charge in [-0.1, -0.05) is 5.21 Å². The molecule has 0 aliphatic carbocycles. The number of tetrazole rings is 1. The Kier molecular flexibility index (Phi) is 4.73. The summed E-state index contributed by atoms with van der Waals surface area (Å²) in [5.41, 5.74) is 0. The van der Waals surface area contributed by atoms with Gasteiger partial charge in [0.1, 0.15) is 5.92 Å². The van der Waals surface area contributed by atoms with Gasteiger partial charge < -0.3 is 5.32 Å². The average molecular weight is 269 g/mol. The van der Waals surface area contributed by atoms with Crippen molar-refractivity contribution in [1.29, 1.82) is 0 Å². The number of H-pyrrole nitrogens is 1. The molecule has 0 aromatic carbocycles. The molecule has 17 heavy (non-hydrogen) atoms. The van der Waals surface area contributed by atoms with Gasteiger partial charge >= 0.3 is 6.18 Å². The SMILES string of the molecule is O=C(NCCc1nn[nH]n1)C(CS)C(F)(F)F. The predicted octanol–water partition coefficient (Wildman–Crippen LogP) is -0.0333. The number of thiol groups is 1. The van der Waals surface area contributed by atoms with E-state index in [4.69, 9.17) is 0 Å². The number of carbonyl (C=O) groups is 1. The van der Waals surface area contributed by atoms with Crippen LogP contribution in [-0.4, -0.2) is 45.0 Å². The van der Waals surface area contributed by atoms with Crippen LogP contribution < -0.4 is 5.32 Å². The summed E-state index contributed by atoms with van der Waals surface area (Å²) in [5.74, 6) is -3.47. The lowest BCUT2D eigenvalue weighted by atomic mass is 10.1. The van der Waals surface area contributed by atoms with Crippen LogP contribution in [0, 0.1) is 5.92 Å². The molecule has 1 rings (SSSR count). The first-order valence-electron chi connectivity index (χ1n) is 4.62. The van der Waals surface area contributed by atoms with Crippen LogP contribution in [0.3, 0.4) is 0 Å². The molecule has 0 bridgehead atoms. The maximum Gasteiger partial charge on any atom is 0.401 e. The van der Waals surface area contributed by atoms with E-state index in [0.29, 0.717) is 5.82 Å². The minimum absolute atomic E-state index is 0.0126. The van der Waals surface area contributed by atoms with Crippen molar-refractivity contribution in [2.75, 3.05) is 12.3 Å². The Bertz CT molecular complexity index is 355. The number of nitrogens with zero attached hydrogens (tertiary/aromatic N) is 3. The predicted molar refractivity (Wildman–Crippen MR) is 54.3 cm³/mol. The minimum Gasteiger partial charge on any atom is -0.355 e. The fraction of sp³-hybridized carbons (Fsp3) is 0.714. The van der Waals surface area contributed by atoms with E-state index in [2.05, 4.69) is 38.6 Å². The van der Waals surface area contributed by atoms with Crippen LogP contribution in [0.25, 0.3) is 0 Å². The van der Waals surface area contributed by atoms with Crippen LogP contribution in [0.4, 0.5) is 13.2 Å². The average Bonchev–Trinajstić information content (AvgIpc) is 2.69. The van der Waals surface area contributed by atoms with Crippen molar-refractivity contribution in [3.8, 4) is 0 Å². The number of rotatable bonds is 5. The normalized spacial score (nSPS) is 13.4. The van der Waals surface area contributed by atoms with E-state index >= 15 is 0 Å². The molecule has 0 spiro atoms. The number of hydrogen-bond donors (Lipinski definition) is 3. The third kappa shape index (κ3) is 4.21. The second-order valence-corrected chi connectivity index (χ2v) is 3.51. The molecular weight excluding hydrogens is 259 g/mol. The highest BCUT2D eigenvalue weighted by Crippen LogP contribution is 2.27. The first kappa shape index (κ1) is 13.7. The van der Waals surface area contributed by atoms with Gasteiger partial charge in [0.05, 0.1) is 0 Å². The van der Waals surface area contributed by atoms with Crippen molar-refractivity contribution in [1.82, 2.24) is 25.9 Å². The maximum absolute atomic E-state index is 12.3. The summed E-state index contributed by atoms with van der Waals surface area (Å²) >= 11 is 3.51. The standard InChI is InChI=1S/C7H10F3N5OS/c8-7(9,10)4(3-17)6(16)11-2-1-5-12-14-15-13-5/h4,17H,1-3H2,(H,11,16)(H,12,13,14,15). The van der Waals surface area contributed by atoms with Crippen LogP contribution in [0.2, 0.25) is 0 Å². The second kappa shape index (κ2) is 5.84. The second-order valence-electron chi connectivity index (χ2n) is 3.15. The zero-order valence-electron chi connectivity index (χ0n) is 8.53. The first-order valence-corrected chi connectivity index (χ1v) is 5.26. The third-order valence-corrected chi connectivity index (χ3v) is 2.30. The monoisotopic (exact) mass is 269 g/mol. The highest BCUT2D eigenvalue weighted by Gasteiger charge is 2.43. The Morgan fingerprint density at radius 2 is 2.24 bits per heavy atom. The molecule has 10 heteroatoms. The number of aromatic amines is 1. The number of amides is 1. The Morgan fingerprint density at radius 1 is 1.53 bits per heavy atom. The van der Waals surface area contributed by atoms with Gasteiger partial charge in [-0.15, -0.1) is 10.2 Å². The molecule has 96 valence electrons. The number of carbonyl (C=O) groups excluding carboxylic acids is 1. The lowest BCUT2D eigenvalue weighted by Crippen LogP contribution is -2.41. The van der Waals surface area contributed by atoms with Crippen molar-refractivity contribution in [2.24, 2.45) is 5.92 Å². The highest BCUT2D eigenvalue weighted by molar-refractivity contribution is 7.80. The molecule has 1 amide bonds. The van der Waals surface area contributed by atoms with Crippen LogP contribution >= 0.6 is 12.6 Å². The third-order valence-electron chi connectivity index (χ3n) is 1.93. The van der Waals surface area contributed by atoms with Crippen molar-refractivity contribution in [2.45, 2.75) is 12.6 Å². The summed E-state index contributed by atoms with van der Waals surface area (Å²) in [6, 6.07) is 0. The fourth-order valence-electron chi connectivity index (χ4n) is 1.04. The number of nitrogens with one attached hydrogen (secondary N) is 2. The molecule has 0 radical (unpaired) electrons.